The quantitative estimate of drug-likeness (QED) is 0.451. The van der Waals surface area contributed by atoms with E-state index in [4.69, 9.17) is 14.2 Å². The molecule has 0 unspecified atom stereocenters. The van der Waals surface area contributed by atoms with Crippen LogP contribution in [0.15, 0.2) is 0 Å². The molecule has 2 aliphatic carbocycles. The lowest BCUT2D eigenvalue weighted by Crippen LogP contribution is -2.55. The van der Waals surface area contributed by atoms with Gasteiger partial charge in [0.1, 0.15) is 0 Å². The molecular formula is C24H45NO4. The number of carbonyl (C=O) groups excluding carboxylic acids is 1. The number of hydrogen-bond donors (Lipinski definition) is 0. The van der Waals surface area contributed by atoms with Crippen LogP contribution >= 0.6 is 0 Å². The van der Waals surface area contributed by atoms with Gasteiger partial charge in [0, 0.05) is 32.9 Å². The summed E-state index contributed by atoms with van der Waals surface area (Å²) < 4.78 is 17.6. The maximum absolute atomic E-state index is 13.2. The van der Waals surface area contributed by atoms with Crippen molar-refractivity contribution in [3.63, 3.8) is 0 Å². The van der Waals surface area contributed by atoms with Gasteiger partial charge in [-0.3, -0.25) is 4.79 Å². The van der Waals surface area contributed by atoms with Crippen molar-refractivity contribution < 1.29 is 19.0 Å². The van der Waals surface area contributed by atoms with Crippen LogP contribution in [0.25, 0.3) is 0 Å². The largest absolute Gasteiger partial charge is 0.381 e. The van der Waals surface area contributed by atoms with Crippen LogP contribution in [0.2, 0.25) is 0 Å². The van der Waals surface area contributed by atoms with Crippen molar-refractivity contribution in [2.24, 2.45) is 5.41 Å². The fourth-order valence-electron chi connectivity index (χ4n) is 4.22. The number of hydrogen-bond acceptors (Lipinski definition) is 4. The topological polar surface area (TPSA) is 48.0 Å². The molecule has 0 aromatic heterocycles. The second-order valence-corrected chi connectivity index (χ2v) is 11.1. The Bertz CT molecular complexity index is 510. The van der Waals surface area contributed by atoms with Gasteiger partial charge in [0.25, 0.3) is 0 Å². The third-order valence-electron chi connectivity index (χ3n) is 6.17. The molecule has 5 nitrogen and oxygen atoms in total. The van der Waals surface area contributed by atoms with Crippen molar-refractivity contribution in [2.45, 2.75) is 116 Å². The van der Waals surface area contributed by atoms with Gasteiger partial charge < -0.3 is 19.1 Å². The van der Waals surface area contributed by atoms with Crippen LogP contribution in [0.5, 0.6) is 0 Å². The predicted molar refractivity (Wildman–Crippen MR) is 117 cm³/mol. The van der Waals surface area contributed by atoms with Crippen LogP contribution in [-0.2, 0) is 19.0 Å². The molecule has 170 valence electrons. The number of rotatable bonds is 11. The fourth-order valence-corrected chi connectivity index (χ4v) is 4.22. The molecule has 2 aliphatic rings. The van der Waals surface area contributed by atoms with Crippen LogP contribution < -0.4 is 0 Å². The summed E-state index contributed by atoms with van der Waals surface area (Å²) >= 11 is 0. The molecule has 0 heterocycles. The monoisotopic (exact) mass is 411 g/mol. The minimum absolute atomic E-state index is 0.0663. The molecule has 0 aliphatic heterocycles. The van der Waals surface area contributed by atoms with E-state index in [1.807, 2.05) is 11.9 Å². The predicted octanol–water partition coefficient (Wildman–Crippen LogP) is 4.96. The Kier molecular flexibility index (Phi) is 8.58. The first kappa shape index (κ1) is 24.6. The van der Waals surface area contributed by atoms with Gasteiger partial charge in [0.15, 0.2) is 0 Å². The number of carbonyl (C=O) groups is 1. The minimum atomic E-state index is -0.180. The Morgan fingerprint density at radius 1 is 0.966 bits per heavy atom. The molecule has 0 bridgehead atoms. The third kappa shape index (κ3) is 7.84. The number of amides is 1. The third-order valence-corrected chi connectivity index (χ3v) is 6.17. The number of nitrogens with zero attached hydrogens (tertiary/aromatic N) is 1. The average Bonchev–Trinajstić information content (AvgIpc) is 2.52. The van der Waals surface area contributed by atoms with Gasteiger partial charge >= 0.3 is 0 Å². The molecule has 0 aromatic rings. The Hall–Kier alpha value is -0.650. The fraction of sp³-hybridized carbons (Fsp3) is 0.958. The molecule has 0 radical (unpaired) electrons. The lowest BCUT2D eigenvalue weighted by Gasteiger charge is -2.49. The summed E-state index contributed by atoms with van der Waals surface area (Å²) in [6, 6.07) is 0.330. The Balaban J connectivity index is 1.64. The molecule has 0 N–H and O–H groups in total. The summed E-state index contributed by atoms with van der Waals surface area (Å²) in [7, 11) is 1.98. The molecule has 5 heteroatoms. The van der Waals surface area contributed by atoms with E-state index < -0.39 is 0 Å². The molecule has 0 aromatic carbocycles. The van der Waals surface area contributed by atoms with Crippen molar-refractivity contribution in [1.82, 2.24) is 4.90 Å². The van der Waals surface area contributed by atoms with Crippen LogP contribution in [0.1, 0.15) is 92.9 Å². The van der Waals surface area contributed by atoms with Crippen molar-refractivity contribution >= 4 is 5.91 Å². The summed E-state index contributed by atoms with van der Waals surface area (Å²) in [6.45, 7) is 14.7. The van der Waals surface area contributed by atoms with E-state index in [0.717, 1.165) is 64.6 Å². The van der Waals surface area contributed by atoms with Crippen molar-refractivity contribution in [2.75, 3.05) is 26.9 Å². The Labute approximate surface area is 178 Å². The van der Waals surface area contributed by atoms with Gasteiger partial charge in [-0.05, 0) is 86.5 Å². The van der Waals surface area contributed by atoms with E-state index in [2.05, 4.69) is 41.5 Å². The van der Waals surface area contributed by atoms with Crippen LogP contribution in [0.4, 0.5) is 0 Å². The minimum Gasteiger partial charge on any atom is -0.381 e. The maximum Gasteiger partial charge on any atom is 0.228 e. The van der Waals surface area contributed by atoms with Crippen molar-refractivity contribution in [3.8, 4) is 0 Å². The normalized spacial score (nSPS) is 24.0. The van der Waals surface area contributed by atoms with E-state index >= 15 is 0 Å². The summed E-state index contributed by atoms with van der Waals surface area (Å²) in [5, 5.41) is 0. The molecule has 2 rings (SSSR count). The first-order valence-electron chi connectivity index (χ1n) is 11.6. The Morgan fingerprint density at radius 2 is 1.59 bits per heavy atom. The van der Waals surface area contributed by atoms with Crippen LogP contribution in [0.3, 0.4) is 0 Å². The highest BCUT2D eigenvalue weighted by Gasteiger charge is 2.48. The van der Waals surface area contributed by atoms with E-state index in [-0.39, 0.29) is 22.7 Å². The summed E-state index contributed by atoms with van der Waals surface area (Å²) in [5.74, 6) is 0.324. The van der Waals surface area contributed by atoms with Crippen molar-refractivity contribution in [3.05, 3.63) is 0 Å². The second kappa shape index (κ2) is 10.1. The molecule has 1 amide bonds. The highest BCUT2D eigenvalue weighted by Crippen LogP contribution is 2.46. The van der Waals surface area contributed by atoms with Crippen molar-refractivity contribution in [1.29, 1.82) is 0 Å². The van der Waals surface area contributed by atoms with E-state index in [0.29, 0.717) is 18.6 Å². The van der Waals surface area contributed by atoms with Gasteiger partial charge in [-0.25, -0.2) is 0 Å². The highest BCUT2D eigenvalue weighted by molar-refractivity contribution is 5.83. The summed E-state index contributed by atoms with van der Waals surface area (Å²) in [6.07, 6.45) is 8.26. The van der Waals surface area contributed by atoms with Gasteiger partial charge in [-0.1, -0.05) is 6.42 Å². The van der Waals surface area contributed by atoms with E-state index in [1.54, 1.807) is 0 Å². The van der Waals surface area contributed by atoms with Crippen LogP contribution in [-0.4, -0.2) is 61.0 Å². The van der Waals surface area contributed by atoms with Gasteiger partial charge in [-0.15, -0.1) is 0 Å². The Morgan fingerprint density at radius 3 is 2.10 bits per heavy atom. The number of ether oxygens (including phenoxy) is 3. The van der Waals surface area contributed by atoms with Gasteiger partial charge in [0.2, 0.25) is 5.91 Å². The van der Waals surface area contributed by atoms with Crippen LogP contribution in [0, 0.1) is 5.41 Å². The zero-order valence-corrected chi connectivity index (χ0v) is 20.0. The second-order valence-electron chi connectivity index (χ2n) is 11.1. The van der Waals surface area contributed by atoms with E-state index in [1.165, 1.54) is 0 Å². The lowest BCUT2D eigenvalue weighted by atomic mass is 9.65. The van der Waals surface area contributed by atoms with Gasteiger partial charge in [0.05, 0.1) is 22.7 Å². The number of unbranched alkanes of at least 4 members (excludes halogenated alkanes) is 1. The lowest BCUT2D eigenvalue weighted by molar-refractivity contribution is -0.160. The first-order valence-corrected chi connectivity index (χ1v) is 11.6. The SMILES string of the molecule is CN(C(=O)C1(CCOCCCCOC(C)(C)C)CCC1)C1CC(OC(C)(C)C)C1. The highest BCUT2D eigenvalue weighted by atomic mass is 16.5. The van der Waals surface area contributed by atoms with E-state index in [9.17, 15) is 4.79 Å². The zero-order chi connectivity index (χ0) is 21.7. The zero-order valence-electron chi connectivity index (χ0n) is 20.0. The maximum atomic E-state index is 13.2. The molecule has 2 fully saturated rings. The average molecular weight is 412 g/mol. The summed E-state index contributed by atoms with van der Waals surface area (Å²) in [4.78, 5) is 15.2. The molecule has 0 atom stereocenters. The molecule has 0 spiro atoms. The molecule has 29 heavy (non-hydrogen) atoms. The van der Waals surface area contributed by atoms with Gasteiger partial charge in [-0.2, -0.15) is 0 Å². The molecular weight excluding hydrogens is 366 g/mol. The molecule has 2 saturated carbocycles. The molecule has 0 saturated heterocycles. The standard InChI is InChI=1S/C24H45NO4/c1-22(2,3)28-15-9-8-14-27-16-13-24(11-10-12-24)21(26)25(7)19-17-20(18-19)29-23(4,5)6/h19-20H,8-18H2,1-7H3. The smallest absolute Gasteiger partial charge is 0.228 e. The summed E-state index contributed by atoms with van der Waals surface area (Å²) in [5.41, 5.74) is -0.354. The first-order chi connectivity index (χ1) is 13.4.